The summed E-state index contributed by atoms with van der Waals surface area (Å²) in [6, 6.07) is 1.62. The Morgan fingerprint density at radius 2 is 1.54 bits per heavy atom. The van der Waals surface area contributed by atoms with Gasteiger partial charge in [0.15, 0.2) is 0 Å². The van der Waals surface area contributed by atoms with Gasteiger partial charge < -0.3 is 19.5 Å². The van der Waals surface area contributed by atoms with Gasteiger partial charge in [-0.1, -0.05) is 32.0 Å². The third-order valence-electron chi connectivity index (χ3n) is 8.48. The maximum absolute atomic E-state index is 16.6. The molecule has 1 unspecified atom stereocenters. The van der Waals surface area contributed by atoms with Crippen LogP contribution in [0.15, 0.2) is 41.3 Å². The molecule has 7 nitrogen and oxygen atoms in total. The highest BCUT2D eigenvalue weighted by molar-refractivity contribution is 5.82. The summed E-state index contributed by atoms with van der Waals surface area (Å²) in [6.45, 7) is 7.93. The molecule has 1 amide bonds. The molecule has 1 heterocycles. The number of carbonyl (C=O) groups excluding carboxylic acids is 2. The molecule has 2 aromatic carbocycles. The van der Waals surface area contributed by atoms with Crippen molar-refractivity contribution in [3.63, 3.8) is 0 Å². The van der Waals surface area contributed by atoms with E-state index in [4.69, 9.17) is 4.74 Å². The summed E-state index contributed by atoms with van der Waals surface area (Å²) in [5, 5.41) is 2.27. The van der Waals surface area contributed by atoms with Crippen molar-refractivity contribution in [1.29, 1.82) is 0 Å². The zero-order valence-corrected chi connectivity index (χ0v) is 30.0. The van der Waals surface area contributed by atoms with Crippen LogP contribution in [0.5, 0.6) is 0 Å². The minimum atomic E-state index is -5.34. The van der Waals surface area contributed by atoms with Crippen LogP contribution in [0.1, 0.15) is 85.5 Å². The monoisotopic (exact) mass is 745 g/mol. The van der Waals surface area contributed by atoms with Crippen LogP contribution in [0.3, 0.4) is 0 Å². The van der Waals surface area contributed by atoms with Crippen molar-refractivity contribution >= 4 is 11.9 Å². The van der Waals surface area contributed by atoms with Crippen LogP contribution in [0.2, 0.25) is 0 Å². The lowest BCUT2D eigenvalue weighted by Gasteiger charge is -2.28. The number of amides is 1. The summed E-state index contributed by atoms with van der Waals surface area (Å²) in [7, 11) is 3.45. The first-order valence-electron chi connectivity index (χ1n) is 16.7. The topological polar surface area (TPSA) is 80.6 Å². The lowest BCUT2D eigenvalue weighted by Crippen LogP contribution is -2.41. The summed E-state index contributed by atoms with van der Waals surface area (Å²) in [5.74, 6) is -6.23. The number of rotatable bonds is 14. The van der Waals surface area contributed by atoms with Gasteiger partial charge in [0.1, 0.15) is 17.7 Å². The van der Waals surface area contributed by atoms with Crippen molar-refractivity contribution in [3.8, 4) is 11.1 Å². The number of nitrogens with one attached hydrogen (secondary N) is 1. The molecule has 1 N–H and O–H groups in total. The largest absolute Gasteiger partial charge is 0.466 e. The minimum absolute atomic E-state index is 0.0312. The van der Waals surface area contributed by atoms with Crippen LogP contribution in [0.25, 0.3) is 11.1 Å². The third-order valence-corrected chi connectivity index (χ3v) is 8.48. The van der Waals surface area contributed by atoms with Gasteiger partial charge in [0.05, 0.1) is 30.2 Å². The van der Waals surface area contributed by atoms with Crippen LogP contribution >= 0.6 is 0 Å². The number of aryl methyl sites for hydroxylation is 3. The lowest BCUT2D eigenvalue weighted by atomic mass is 9.89. The Morgan fingerprint density at radius 1 is 0.942 bits per heavy atom. The first kappa shape index (κ1) is 42.1. The van der Waals surface area contributed by atoms with E-state index in [0.29, 0.717) is 29.8 Å². The molecule has 0 aliphatic carbocycles. The first-order chi connectivity index (χ1) is 24.1. The quantitative estimate of drug-likeness (QED) is 0.133. The second-order valence-corrected chi connectivity index (χ2v) is 13.4. The third kappa shape index (κ3) is 10.2. The average Bonchev–Trinajstić information content (AvgIpc) is 3.00. The second kappa shape index (κ2) is 17.0. The van der Waals surface area contributed by atoms with E-state index in [-0.39, 0.29) is 42.9 Å². The maximum atomic E-state index is 16.6. The van der Waals surface area contributed by atoms with Gasteiger partial charge in [-0.15, -0.1) is 0 Å². The lowest BCUT2D eigenvalue weighted by molar-refractivity contribution is -0.144. The van der Waals surface area contributed by atoms with E-state index in [2.05, 4.69) is 5.32 Å². The van der Waals surface area contributed by atoms with Crippen LogP contribution in [0, 0.1) is 31.4 Å². The number of carbonyl (C=O) groups is 2. The average molecular weight is 746 g/mol. The van der Waals surface area contributed by atoms with Gasteiger partial charge in [-0.05, 0) is 94.9 Å². The number of halogens is 8. The number of benzene rings is 2. The minimum Gasteiger partial charge on any atom is -0.466 e. The zero-order valence-electron chi connectivity index (χ0n) is 30.0. The van der Waals surface area contributed by atoms with E-state index < -0.39 is 82.2 Å². The molecule has 3 aromatic rings. The Hall–Kier alpha value is -4.27. The summed E-state index contributed by atoms with van der Waals surface area (Å²) in [5.41, 5.74) is -5.71. The van der Waals surface area contributed by atoms with E-state index >= 15 is 8.78 Å². The molecule has 0 saturated carbocycles. The summed E-state index contributed by atoms with van der Waals surface area (Å²) >= 11 is 0. The fourth-order valence-electron chi connectivity index (χ4n) is 6.15. The summed E-state index contributed by atoms with van der Waals surface area (Å²) < 4.78 is 123. The molecule has 0 fully saturated rings. The second-order valence-electron chi connectivity index (χ2n) is 13.4. The molecule has 0 aliphatic heterocycles. The molecule has 286 valence electrons. The normalized spacial score (nSPS) is 13.4. The van der Waals surface area contributed by atoms with Gasteiger partial charge in [0.25, 0.3) is 5.56 Å². The van der Waals surface area contributed by atoms with E-state index in [0.717, 1.165) is 10.8 Å². The van der Waals surface area contributed by atoms with E-state index in [1.54, 1.807) is 38.9 Å². The predicted octanol–water partition coefficient (Wildman–Crippen LogP) is 8.34. The van der Waals surface area contributed by atoms with Crippen molar-refractivity contribution in [1.82, 2.24) is 14.8 Å². The Balaban J connectivity index is 2.29. The molecule has 1 aromatic heterocycles. The smallest absolute Gasteiger partial charge is 0.419 e. The molecular formula is C37H43F8N3O4. The van der Waals surface area contributed by atoms with Crippen molar-refractivity contribution in [2.45, 2.75) is 84.7 Å². The molecule has 3 rings (SSSR count). The fourth-order valence-corrected chi connectivity index (χ4v) is 6.15. The van der Waals surface area contributed by atoms with Gasteiger partial charge >= 0.3 is 18.3 Å². The highest BCUT2D eigenvalue weighted by Crippen LogP contribution is 2.42. The summed E-state index contributed by atoms with van der Waals surface area (Å²) in [6.07, 6.45) is -10.4. The van der Waals surface area contributed by atoms with Gasteiger partial charge in [-0.25, -0.2) is 8.78 Å². The van der Waals surface area contributed by atoms with Crippen molar-refractivity contribution in [2.75, 3.05) is 27.2 Å². The number of nitrogens with zero attached hydrogens (tertiary/aromatic N) is 2. The number of hydrogen-bond donors (Lipinski definition) is 1. The maximum Gasteiger partial charge on any atom is 0.419 e. The number of alkyl halides is 6. The molecule has 0 bridgehead atoms. The first-order valence-corrected chi connectivity index (χ1v) is 16.7. The highest BCUT2D eigenvalue weighted by atomic mass is 19.4. The molecule has 0 radical (unpaired) electrons. The molecule has 0 saturated heterocycles. The Bertz CT molecular complexity index is 1800. The standard InChI is InChI=1S/C37H43F8N3O4/c1-8-52-30(50)18-27(32-33(38)24(16-26(34(32)39)37(43,44)45)31-21(4)11-9-12-22(31)5)46-35(51)28(15-20(2)3)48-19-23(13-10-14-47(6)7)25(17-29(48)49)36(40,41)42/h9,11-12,16-17,19-20,27-28H,8,10,13-15,18H2,1-7H3,(H,46,51)/t27-,28?/m0/s1. The number of ether oxygens (including phenoxy) is 1. The molecular weight excluding hydrogens is 702 g/mol. The highest BCUT2D eigenvalue weighted by Gasteiger charge is 2.41. The van der Waals surface area contributed by atoms with Gasteiger partial charge in [0.2, 0.25) is 5.91 Å². The van der Waals surface area contributed by atoms with E-state index in [1.807, 2.05) is 0 Å². The number of hydrogen-bond acceptors (Lipinski definition) is 5. The Labute approximate surface area is 297 Å². The predicted molar refractivity (Wildman–Crippen MR) is 179 cm³/mol. The van der Waals surface area contributed by atoms with Crippen molar-refractivity contribution in [3.05, 3.63) is 91.9 Å². The SMILES string of the molecule is CCOC(=O)C[C@H](NC(=O)C(CC(C)C)n1cc(CCCN(C)C)c(C(F)(F)F)cc1=O)c1c(F)c(-c2c(C)cccc2C)cc(C(F)(F)F)c1F. The number of aromatic nitrogens is 1. The van der Waals surface area contributed by atoms with Gasteiger partial charge in [-0.2, -0.15) is 26.3 Å². The molecule has 52 heavy (non-hydrogen) atoms. The van der Waals surface area contributed by atoms with Crippen molar-refractivity contribution < 1.29 is 49.4 Å². The van der Waals surface area contributed by atoms with E-state index in [1.165, 1.54) is 32.9 Å². The van der Waals surface area contributed by atoms with Crippen LogP contribution in [-0.4, -0.2) is 48.6 Å². The Morgan fingerprint density at radius 3 is 2.06 bits per heavy atom. The van der Waals surface area contributed by atoms with Gasteiger partial charge in [-0.3, -0.25) is 14.4 Å². The van der Waals surface area contributed by atoms with Crippen molar-refractivity contribution in [2.24, 2.45) is 5.92 Å². The Kier molecular flexibility index (Phi) is 13.8. The fraction of sp³-hybridized carbons (Fsp3) is 0.486. The van der Waals surface area contributed by atoms with Crippen LogP contribution < -0.4 is 10.9 Å². The molecule has 2 atom stereocenters. The van der Waals surface area contributed by atoms with Crippen LogP contribution in [-0.2, 0) is 33.1 Å². The number of pyridine rings is 1. The van der Waals surface area contributed by atoms with Gasteiger partial charge in [0, 0.05) is 23.4 Å². The number of esters is 1. The van der Waals surface area contributed by atoms with E-state index in [9.17, 15) is 40.7 Å². The summed E-state index contributed by atoms with van der Waals surface area (Å²) in [4.78, 5) is 41.9. The van der Waals surface area contributed by atoms with Crippen LogP contribution in [0.4, 0.5) is 35.1 Å². The molecule has 15 heteroatoms. The molecule has 0 spiro atoms. The zero-order chi connectivity index (χ0) is 39.3. The molecule has 0 aliphatic rings.